The minimum absolute atomic E-state index is 0.287. The number of rotatable bonds is 3. The molecule has 16 heavy (non-hydrogen) atoms. The van der Waals surface area contributed by atoms with Gasteiger partial charge in [-0.2, -0.15) is 4.98 Å². The van der Waals surface area contributed by atoms with Crippen LogP contribution in [0.25, 0.3) is 0 Å². The fourth-order valence-corrected chi connectivity index (χ4v) is 1.83. The predicted molar refractivity (Wildman–Crippen MR) is 66.9 cm³/mol. The fraction of sp³-hybridized carbons (Fsp3) is 0.556. The molecule has 2 radical (unpaired) electrons. The molecule has 1 aliphatic heterocycles. The number of nitrogens with one attached hydrogen (secondary N) is 3. The van der Waals surface area contributed by atoms with Gasteiger partial charge in [-0.05, 0) is 13.0 Å². The summed E-state index contributed by atoms with van der Waals surface area (Å²) in [5, 5.41) is 9.72. The zero-order valence-corrected chi connectivity index (χ0v) is 9.80. The quantitative estimate of drug-likeness (QED) is 0.632. The van der Waals surface area contributed by atoms with Gasteiger partial charge in [-0.3, -0.25) is 0 Å². The highest BCUT2D eigenvalue weighted by Gasteiger charge is 2.16. The van der Waals surface area contributed by atoms with Crippen LogP contribution in [0, 0.1) is 0 Å². The summed E-state index contributed by atoms with van der Waals surface area (Å²) in [7, 11) is 7.44. The van der Waals surface area contributed by atoms with Gasteiger partial charge in [-0.1, -0.05) is 11.6 Å². The molecule has 0 aliphatic carbocycles. The lowest BCUT2D eigenvalue weighted by molar-refractivity contribution is 0.782. The molecule has 0 spiro atoms. The summed E-state index contributed by atoms with van der Waals surface area (Å²) in [4.78, 5) is 8.34. The molecular formula is C9H13BClN5. The molecule has 7 heteroatoms. The highest BCUT2D eigenvalue weighted by atomic mass is 35.5. The van der Waals surface area contributed by atoms with Crippen molar-refractivity contribution in [2.75, 3.05) is 30.8 Å². The van der Waals surface area contributed by atoms with E-state index in [1.807, 2.05) is 0 Å². The molecule has 5 nitrogen and oxygen atoms in total. The van der Waals surface area contributed by atoms with Gasteiger partial charge in [0, 0.05) is 25.2 Å². The van der Waals surface area contributed by atoms with Crippen LogP contribution in [0.3, 0.4) is 0 Å². The van der Waals surface area contributed by atoms with Crippen molar-refractivity contribution < 1.29 is 0 Å². The standard InChI is InChI=1S/C9H13BClN5/c1-12-8-6(11)7(10)15-9(16-8)14-5-2-3-13-4-5/h5,13H,2-4H2,1H3,(H2,12,14,15,16)/t5-/m1/s1. The lowest BCUT2D eigenvalue weighted by Crippen LogP contribution is -2.26. The molecular weight excluding hydrogens is 224 g/mol. The SMILES string of the molecule is [B]c1nc(N[C@@H]2CCNC2)nc(NC)c1Cl. The first-order valence-corrected chi connectivity index (χ1v) is 5.56. The van der Waals surface area contributed by atoms with Gasteiger partial charge in [0.25, 0.3) is 0 Å². The van der Waals surface area contributed by atoms with Crippen molar-refractivity contribution in [1.82, 2.24) is 15.3 Å². The zero-order valence-electron chi connectivity index (χ0n) is 9.05. The van der Waals surface area contributed by atoms with Crippen molar-refractivity contribution in [1.29, 1.82) is 0 Å². The smallest absolute Gasteiger partial charge is 0.224 e. The van der Waals surface area contributed by atoms with Gasteiger partial charge < -0.3 is 16.0 Å². The van der Waals surface area contributed by atoms with Crippen LogP contribution < -0.4 is 21.5 Å². The minimum atomic E-state index is 0.287. The van der Waals surface area contributed by atoms with Crippen molar-refractivity contribution in [3.63, 3.8) is 0 Å². The third-order valence-electron chi connectivity index (χ3n) is 2.51. The molecule has 1 aromatic rings. The average molecular weight is 238 g/mol. The molecule has 3 N–H and O–H groups in total. The third kappa shape index (κ3) is 2.39. The van der Waals surface area contributed by atoms with Gasteiger partial charge in [0.1, 0.15) is 13.7 Å². The Hall–Kier alpha value is -1.01. The number of hydrogen-bond acceptors (Lipinski definition) is 5. The van der Waals surface area contributed by atoms with Gasteiger partial charge in [0.05, 0.1) is 5.02 Å². The lowest BCUT2D eigenvalue weighted by Gasteiger charge is -2.13. The van der Waals surface area contributed by atoms with E-state index in [2.05, 4.69) is 25.9 Å². The second-order valence-electron chi connectivity index (χ2n) is 3.68. The normalized spacial score (nSPS) is 19.8. The molecule has 1 saturated heterocycles. The van der Waals surface area contributed by atoms with Crippen LogP contribution in [0.4, 0.5) is 11.8 Å². The van der Waals surface area contributed by atoms with E-state index in [0.29, 0.717) is 22.8 Å². The van der Waals surface area contributed by atoms with E-state index in [4.69, 9.17) is 19.4 Å². The molecule has 1 fully saturated rings. The van der Waals surface area contributed by atoms with Crippen LogP contribution >= 0.6 is 11.6 Å². The first kappa shape index (κ1) is 11.5. The van der Waals surface area contributed by atoms with Gasteiger partial charge in [-0.15, -0.1) is 0 Å². The fourth-order valence-electron chi connectivity index (χ4n) is 1.66. The number of anilines is 2. The molecule has 1 aromatic heterocycles. The largest absolute Gasteiger partial charge is 0.372 e. The Kier molecular flexibility index (Phi) is 3.50. The zero-order chi connectivity index (χ0) is 11.5. The lowest BCUT2D eigenvalue weighted by atomic mass is 10.0. The van der Waals surface area contributed by atoms with E-state index in [1.54, 1.807) is 7.05 Å². The topological polar surface area (TPSA) is 61.9 Å². The molecule has 2 rings (SSSR count). The van der Waals surface area contributed by atoms with E-state index < -0.39 is 0 Å². The van der Waals surface area contributed by atoms with Gasteiger partial charge in [0.2, 0.25) is 5.95 Å². The molecule has 0 amide bonds. The van der Waals surface area contributed by atoms with Gasteiger partial charge in [-0.25, -0.2) is 4.98 Å². The summed E-state index contributed by atoms with van der Waals surface area (Å²) in [5.41, 5.74) is 0.287. The molecule has 0 saturated carbocycles. The van der Waals surface area contributed by atoms with E-state index in [-0.39, 0.29) is 5.59 Å². The second kappa shape index (κ2) is 4.89. The molecule has 84 valence electrons. The minimum Gasteiger partial charge on any atom is -0.372 e. The predicted octanol–water partition coefficient (Wildman–Crippen LogP) is -0.261. The first-order chi connectivity index (χ1) is 7.70. The Morgan fingerprint density at radius 2 is 2.31 bits per heavy atom. The van der Waals surface area contributed by atoms with Crippen molar-refractivity contribution >= 4 is 36.8 Å². The molecule has 1 atom stereocenters. The summed E-state index contributed by atoms with van der Waals surface area (Å²) in [6.45, 7) is 1.93. The van der Waals surface area contributed by atoms with E-state index in [9.17, 15) is 0 Å². The van der Waals surface area contributed by atoms with Crippen LogP contribution in [0.1, 0.15) is 6.42 Å². The van der Waals surface area contributed by atoms with Crippen LogP contribution in [-0.2, 0) is 0 Å². The highest BCUT2D eigenvalue weighted by molar-refractivity contribution is 6.45. The summed E-state index contributed by atoms with van der Waals surface area (Å²) >= 11 is 5.93. The molecule has 2 heterocycles. The maximum atomic E-state index is 5.93. The third-order valence-corrected chi connectivity index (χ3v) is 2.88. The Morgan fingerprint density at radius 3 is 2.94 bits per heavy atom. The van der Waals surface area contributed by atoms with Crippen LogP contribution in [0.15, 0.2) is 0 Å². The number of nitrogens with zero attached hydrogens (tertiary/aromatic N) is 2. The maximum Gasteiger partial charge on any atom is 0.224 e. The monoisotopic (exact) mass is 237 g/mol. The van der Waals surface area contributed by atoms with Crippen LogP contribution in [0.5, 0.6) is 0 Å². The van der Waals surface area contributed by atoms with Crippen LogP contribution in [0.2, 0.25) is 5.02 Å². The Balaban J connectivity index is 2.17. The number of hydrogen-bond donors (Lipinski definition) is 3. The van der Waals surface area contributed by atoms with Crippen molar-refractivity contribution in [2.24, 2.45) is 0 Å². The summed E-state index contributed by atoms with van der Waals surface area (Å²) in [6, 6.07) is 0.352. The molecule has 0 aromatic carbocycles. The van der Waals surface area contributed by atoms with Crippen molar-refractivity contribution in [3.05, 3.63) is 5.02 Å². The van der Waals surface area contributed by atoms with Crippen molar-refractivity contribution in [3.8, 4) is 0 Å². The maximum absolute atomic E-state index is 5.93. The first-order valence-electron chi connectivity index (χ1n) is 5.18. The number of aromatic nitrogens is 2. The summed E-state index contributed by atoms with van der Waals surface area (Å²) in [5.74, 6) is 1.06. The van der Waals surface area contributed by atoms with Gasteiger partial charge in [0.15, 0.2) is 0 Å². The van der Waals surface area contributed by atoms with E-state index in [1.165, 1.54) is 0 Å². The van der Waals surface area contributed by atoms with Crippen molar-refractivity contribution in [2.45, 2.75) is 12.5 Å². The molecule has 1 aliphatic rings. The average Bonchev–Trinajstić information content (AvgIpc) is 2.76. The Morgan fingerprint density at radius 1 is 1.50 bits per heavy atom. The summed E-state index contributed by atoms with van der Waals surface area (Å²) < 4.78 is 0. The molecule has 0 bridgehead atoms. The van der Waals surface area contributed by atoms with Gasteiger partial charge >= 0.3 is 0 Å². The number of halogens is 1. The van der Waals surface area contributed by atoms with E-state index >= 15 is 0 Å². The Bertz CT molecular complexity index is 380. The van der Waals surface area contributed by atoms with Crippen LogP contribution in [-0.4, -0.2) is 44.0 Å². The summed E-state index contributed by atoms with van der Waals surface area (Å²) in [6.07, 6.45) is 1.06. The van der Waals surface area contributed by atoms with E-state index in [0.717, 1.165) is 19.5 Å². The highest BCUT2D eigenvalue weighted by Crippen LogP contribution is 2.17. The second-order valence-corrected chi connectivity index (χ2v) is 4.06. The molecule has 0 unspecified atom stereocenters. The Labute approximate surface area is 101 Å².